The van der Waals surface area contributed by atoms with Crippen molar-refractivity contribution in [2.45, 2.75) is 78.1 Å². The molecule has 2 aromatic heterocycles. The third-order valence-electron chi connectivity index (χ3n) is 5.03. The molecule has 0 radical (unpaired) electrons. The molecule has 2 aromatic rings. The molecular formula is C22H31FN2. The highest BCUT2D eigenvalue weighted by Crippen LogP contribution is 2.29. The molecule has 0 fully saturated rings. The smallest absolute Gasteiger partial charge is 0.144 e. The quantitative estimate of drug-likeness (QED) is 0.570. The molecule has 0 N–H and O–H groups in total. The monoisotopic (exact) mass is 342 g/mol. The number of halogens is 1. The minimum Gasteiger partial charge on any atom is -0.261 e. The maximum absolute atomic E-state index is 13.9. The van der Waals surface area contributed by atoms with Gasteiger partial charge in [-0.25, -0.2) is 4.39 Å². The Labute approximate surface area is 151 Å². The lowest BCUT2D eigenvalue weighted by molar-refractivity contribution is 0.552. The summed E-state index contributed by atoms with van der Waals surface area (Å²) in [6.07, 6.45) is 5.42. The number of nitrogens with zero attached hydrogens (tertiary/aromatic N) is 2. The van der Waals surface area contributed by atoms with Crippen molar-refractivity contribution in [3.8, 4) is 0 Å². The summed E-state index contributed by atoms with van der Waals surface area (Å²) in [6, 6.07) is 6.29. The lowest BCUT2D eigenvalue weighted by atomic mass is 9.89. The SMILES string of the molecule is CC(C)c1cc(C(C)CCC(C)c2cc(C(C)C)c(F)cn2)ccn1. The Morgan fingerprint density at radius 3 is 2.16 bits per heavy atom. The molecule has 0 bridgehead atoms. The molecule has 25 heavy (non-hydrogen) atoms. The van der Waals surface area contributed by atoms with E-state index in [0.29, 0.717) is 17.8 Å². The lowest BCUT2D eigenvalue weighted by Crippen LogP contribution is -2.04. The van der Waals surface area contributed by atoms with Crippen LogP contribution in [0.25, 0.3) is 0 Å². The van der Waals surface area contributed by atoms with Crippen LogP contribution in [0.4, 0.5) is 4.39 Å². The van der Waals surface area contributed by atoms with Crippen molar-refractivity contribution < 1.29 is 4.39 Å². The molecule has 0 spiro atoms. The van der Waals surface area contributed by atoms with Crippen molar-refractivity contribution in [3.05, 3.63) is 58.9 Å². The van der Waals surface area contributed by atoms with Gasteiger partial charge in [0.1, 0.15) is 5.82 Å². The van der Waals surface area contributed by atoms with Gasteiger partial charge in [-0.3, -0.25) is 9.97 Å². The Kier molecular flexibility index (Phi) is 6.69. The summed E-state index contributed by atoms with van der Waals surface area (Å²) in [5.41, 5.74) is 4.26. The summed E-state index contributed by atoms with van der Waals surface area (Å²) in [5.74, 6) is 1.24. The molecule has 2 atom stereocenters. The Morgan fingerprint density at radius 1 is 0.840 bits per heavy atom. The van der Waals surface area contributed by atoms with E-state index in [-0.39, 0.29) is 11.7 Å². The molecule has 0 aliphatic carbocycles. The second kappa shape index (κ2) is 8.55. The summed E-state index contributed by atoms with van der Waals surface area (Å²) in [6.45, 7) is 12.8. The van der Waals surface area contributed by atoms with E-state index in [2.05, 4.69) is 49.8 Å². The first kappa shape index (κ1) is 19.6. The van der Waals surface area contributed by atoms with Gasteiger partial charge in [-0.05, 0) is 65.8 Å². The largest absolute Gasteiger partial charge is 0.261 e. The highest BCUT2D eigenvalue weighted by Gasteiger charge is 2.15. The standard InChI is InChI=1S/C22H31FN2/c1-14(2)19-12-22(25-13-20(19)23)17(6)8-7-16(5)18-9-10-24-21(11-18)15(3)4/h9-17H,7-8H2,1-6H3. The Balaban J connectivity index is 2.03. The topological polar surface area (TPSA) is 25.8 Å². The van der Waals surface area contributed by atoms with Crippen LogP contribution >= 0.6 is 0 Å². The molecule has 0 saturated carbocycles. The van der Waals surface area contributed by atoms with Crippen molar-refractivity contribution >= 4 is 0 Å². The van der Waals surface area contributed by atoms with E-state index in [1.807, 2.05) is 26.1 Å². The van der Waals surface area contributed by atoms with E-state index >= 15 is 0 Å². The van der Waals surface area contributed by atoms with Crippen LogP contribution < -0.4 is 0 Å². The number of hydrogen-bond acceptors (Lipinski definition) is 2. The highest BCUT2D eigenvalue weighted by molar-refractivity contribution is 5.24. The molecule has 2 unspecified atom stereocenters. The van der Waals surface area contributed by atoms with Gasteiger partial charge >= 0.3 is 0 Å². The van der Waals surface area contributed by atoms with Gasteiger partial charge in [-0.1, -0.05) is 41.5 Å². The summed E-state index contributed by atoms with van der Waals surface area (Å²) in [4.78, 5) is 8.78. The first-order chi connectivity index (χ1) is 11.8. The zero-order chi connectivity index (χ0) is 18.6. The van der Waals surface area contributed by atoms with Crippen LogP contribution in [0, 0.1) is 5.82 Å². The molecule has 2 heterocycles. The number of hydrogen-bond donors (Lipinski definition) is 0. The zero-order valence-corrected chi connectivity index (χ0v) is 16.4. The van der Waals surface area contributed by atoms with Gasteiger partial charge in [0.25, 0.3) is 0 Å². The van der Waals surface area contributed by atoms with Crippen molar-refractivity contribution in [3.63, 3.8) is 0 Å². The van der Waals surface area contributed by atoms with E-state index in [4.69, 9.17) is 0 Å². The summed E-state index contributed by atoms with van der Waals surface area (Å²) >= 11 is 0. The molecule has 0 saturated heterocycles. The first-order valence-corrected chi connectivity index (χ1v) is 9.40. The number of aromatic nitrogens is 2. The molecule has 0 aliphatic rings. The fraction of sp³-hybridized carbons (Fsp3) is 0.545. The van der Waals surface area contributed by atoms with Crippen LogP contribution in [-0.4, -0.2) is 9.97 Å². The maximum Gasteiger partial charge on any atom is 0.144 e. The number of rotatable bonds is 7. The Morgan fingerprint density at radius 2 is 1.52 bits per heavy atom. The molecule has 136 valence electrons. The van der Waals surface area contributed by atoms with Crippen LogP contribution in [0.15, 0.2) is 30.6 Å². The predicted octanol–water partition coefficient (Wildman–Crippen LogP) is 6.55. The number of pyridine rings is 2. The summed E-state index contributed by atoms with van der Waals surface area (Å²) in [7, 11) is 0. The van der Waals surface area contributed by atoms with Crippen LogP contribution in [0.5, 0.6) is 0 Å². The molecule has 0 aliphatic heterocycles. The molecule has 2 nitrogen and oxygen atoms in total. The van der Waals surface area contributed by atoms with Crippen molar-refractivity contribution in [1.29, 1.82) is 0 Å². The molecule has 0 aromatic carbocycles. The van der Waals surface area contributed by atoms with Crippen LogP contribution in [-0.2, 0) is 0 Å². The van der Waals surface area contributed by atoms with E-state index < -0.39 is 0 Å². The molecule has 0 amide bonds. The van der Waals surface area contributed by atoms with Gasteiger partial charge in [0.2, 0.25) is 0 Å². The van der Waals surface area contributed by atoms with Crippen LogP contribution in [0.3, 0.4) is 0 Å². The van der Waals surface area contributed by atoms with Crippen LogP contribution in [0.1, 0.15) is 101 Å². The van der Waals surface area contributed by atoms with Gasteiger partial charge in [-0.15, -0.1) is 0 Å². The molecule has 2 rings (SSSR count). The van der Waals surface area contributed by atoms with Gasteiger partial charge in [0, 0.05) is 17.6 Å². The minimum atomic E-state index is -0.197. The first-order valence-electron chi connectivity index (χ1n) is 9.40. The van der Waals surface area contributed by atoms with Crippen molar-refractivity contribution in [1.82, 2.24) is 9.97 Å². The maximum atomic E-state index is 13.9. The lowest BCUT2D eigenvalue weighted by Gasteiger charge is -2.18. The van der Waals surface area contributed by atoms with E-state index in [0.717, 1.165) is 29.8 Å². The van der Waals surface area contributed by atoms with Gasteiger partial charge in [0.15, 0.2) is 0 Å². The average molecular weight is 343 g/mol. The third-order valence-corrected chi connectivity index (χ3v) is 5.03. The average Bonchev–Trinajstić information content (AvgIpc) is 2.59. The fourth-order valence-corrected chi connectivity index (χ4v) is 3.09. The normalized spacial score (nSPS) is 14.1. The Hall–Kier alpha value is -1.77. The van der Waals surface area contributed by atoms with Gasteiger partial charge in [-0.2, -0.15) is 0 Å². The third kappa shape index (κ3) is 5.10. The molecule has 3 heteroatoms. The van der Waals surface area contributed by atoms with Crippen LogP contribution in [0.2, 0.25) is 0 Å². The second-order valence-electron chi connectivity index (χ2n) is 7.83. The van der Waals surface area contributed by atoms with Gasteiger partial charge < -0.3 is 0 Å². The zero-order valence-electron chi connectivity index (χ0n) is 16.4. The van der Waals surface area contributed by atoms with Crippen molar-refractivity contribution in [2.75, 3.05) is 0 Å². The minimum absolute atomic E-state index is 0.180. The van der Waals surface area contributed by atoms with E-state index in [1.54, 1.807) is 0 Å². The second-order valence-corrected chi connectivity index (χ2v) is 7.83. The van der Waals surface area contributed by atoms with E-state index in [1.165, 1.54) is 11.8 Å². The van der Waals surface area contributed by atoms with Crippen molar-refractivity contribution in [2.24, 2.45) is 0 Å². The predicted molar refractivity (Wildman–Crippen MR) is 103 cm³/mol. The van der Waals surface area contributed by atoms with E-state index in [9.17, 15) is 4.39 Å². The molecular weight excluding hydrogens is 311 g/mol. The summed E-state index contributed by atoms with van der Waals surface area (Å²) in [5, 5.41) is 0. The summed E-state index contributed by atoms with van der Waals surface area (Å²) < 4.78 is 13.9. The Bertz CT molecular complexity index is 694. The fourth-order valence-electron chi connectivity index (χ4n) is 3.09. The highest BCUT2D eigenvalue weighted by atomic mass is 19.1. The van der Waals surface area contributed by atoms with Gasteiger partial charge in [0.05, 0.1) is 6.20 Å².